The Bertz CT molecular complexity index is 1460. The molecule has 0 bridgehead atoms. The van der Waals surface area contributed by atoms with Gasteiger partial charge in [0.1, 0.15) is 5.82 Å². The highest BCUT2D eigenvalue weighted by atomic mass is 35.5. The number of carbonyl (C=O) groups is 2. The van der Waals surface area contributed by atoms with Gasteiger partial charge < -0.3 is 15.0 Å². The summed E-state index contributed by atoms with van der Waals surface area (Å²) < 4.78 is 2.26. The zero-order chi connectivity index (χ0) is 25.9. The molecule has 1 heterocycles. The molecular weight excluding hydrogens is 509 g/mol. The van der Waals surface area contributed by atoms with Crippen LogP contribution in [0.15, 0.2) is 60.7 Å². The van der Waals surface area contributed by atoms with Crippen molar-refractivity contribution in [2.24, 2.45) is 0 Å². The van der Waals surface area contributed by atoms with Crippen molar-refractivity contribution in [3.63, 3.8) is 0 Å². The molecule has 1 fully saturated rings. The summed E-state index contributed by atoms with van der Waals surface area (Å²) in [6.45, 7) is 0.450. The van der Waals surface area contributed by atoms with Gasteiger partial charge in [-0.25, -0.2) is 9.78 Å². The molecule has 1 saturated carbocycles. The fourth-order valence-electron chi connectivity index (χ4n) is 5.05. The molecule has 0 saturated heterocycles. The fraction of sp³-hybridized carbons (Fsp3) is 0.276. The molecule has 1 aliphatic carbocycles. The molecule has 190 valence electrons. The number of hydrogen-bond acceptors (Lipinski definition) is 3. The van der Waals surface area contributed by atoms with Crippen molar-refractivity contribution < 1.29 is 14.7 Å². The second-order valence-electron chi connectivity index (χ2n) is 9.42. The average Bonchev–Trinajstić information content (AvgIpc) is 3.29. The summed E-state index contributed by atoms with van der Waals surface area (Å²) in [5.41, 5.74) is 4.20. The zero-order valence-electron chi connectivity index (χ0n) is 20.2. The van der Waals surface area contributed by atoms with E-state index in [-0.39, 0.29) is 11.5 Å². The topological polar surface area (TPSA) is 84.2 Å². The van der Waals surface area contributed by atoms with E-state index in [0.29, 0.717) is 40.1 Å². The predicted octanol–water partition coefficient (Wildman–Crippen LogP) is 7.19. The molecular formula is C29H27Cl2N3O3. The highest BCUT2D eigenvalue weighted by Gasteiger charge is 2.23. The van der Waals surface area contributed by atoms with Crippen molar-refractivity contribution in [2.45, 2.75) is 44.6 Å². The summed E-state index contributed by atoms with van der Waals surface area (Å²) in [7, 11) is 0. The van der Waals surface area contributed by atoms with Crippen LogP contribution < -0.4 is 5.32 Å². The molecule has 8 heteroatoms. The van der Waals surface area contributed by atoms with Gasteiger partial charge in [-0.05, 0) is 67.3 Å². The number of carboxylic acids is 1. The van der Waals surface area contributed by atoms with E-state index in [1.165, 1.54) is 6.42 Å². The Balaban J connectivity index is 1.37. The Morgan fingerprint density at radius 3 is 2.38 bits per heavy atom. The van der Waals surface area contributed by atoms with Crippen molar-refractivity contribution in [2.75, 3.05) is 6.54 Å². The van der Waals surface area contributed by atoms with Gasteiger partial charge in [0.25, 0.3) is 5.91 Å². The third-order valence-corrected chi connectivity index (χ3v) is 7.56. The smallest absolute Gasteiger partial charge is 0.335 e. The molecule has 0 aliphatic heterocycles. The van der Waals surface area contributed by atoms with Crippen LogP contribution in [-0.2, 0) is 6.42 Å². The molecule has 0 atom stereocenters. The average molecular weight is 536 g/mol. The second kappa shape index (κ2) is 11.0. The van der Waals surface area contributed by atoms with E-state index in [4.69, 9.17) is 28.2 Å². The van der Waals surface area contributed by atoms with Gasteiger partial charge in [-0.15, -0.1) is 0 Å². The minimum absolute atomic E-state index is 0.163. The van der Waals surface area contributed by atoms with E-state index >= 15 is 0 Å². The van der Waals surface area contributed by atoms with Crippen LogP contribution in [0.4, 0.5) is 0 Å². The number of carbonyl (C=O) groups excluding carboxylic acids is 1. The van der Waals surface area contributed by atoms with Crippen LogP contribution in [0.1, 0.15) is 64.4 Å². The Morgan fingerprint density at radius 2 is 1.68 bits per heavy atom. The minimum atomic E-state index is -0.968. The van der Waals surface area contributed by atoms with Gasteiger partial charge in [0.15, 0.2) is 0 Å². The lowest BCUT2D eigenvalue weighted by molar-refractivity contribution is 0.0696. The Labute approximate surface area is 225 Å². The molecule has 0 unspecified atom stereocenters. The van der Waals surface area contributed by atoms with Crippen LogP contribution in [0.5, 0.6) is 0 Å². The molecule has 1 aromatic heterocycles. The van der Waals surface area contributed by atoms with Gasteiger partial charge in [-0.1, -0.05) is 60.7 Å². The first-order chi connectivity index (χ1) is 17.9. The first-order valence-electron chi connectivity index (χ1n) is 12.5. The lowest BCUT2D eigenvalue weighted by Crippen LogP contribution is -2.25. The predicted molar refractivity (Wildman–Crippen MR) is 147 cm³/mol. The first-order valence-corrected chi connectivity index (χ1v) is 13.2. The molecule has 3 aromatic carbocycles. The molecule has 0 radical (unpaired) electrons. The van der Waals surface area contributed by atoms with Crippen LogP contribution in [0.3, 0.4) is 0 Å². The summed E-state index contributed by atoms with van der Waals surface area (Å²) in [5.74, 6) is -0.332. The van der Waals surface area contributed by atoms with Gasteiger partial charge in [-0.3, -0.25) is 4.79 Å². The second-order valence-corrected chi connectivity index (χ2v) is 10.3. The number of aromatic carboxylic acids is 1. The monoisotopic (exact) mass is 535 g/mol. The molecule has 5 rings (SSSR count). The third-order valence-electron chi connectivity index (χ3n) is 6.98. The number of hydrogen-bond donors (Lipinski definition) is 2. The zero-order valence-corrected chi connectivity index (χ0v) is 21.7. The summed E-state index contributed by atoms with van der Waals surface area (Å²) in [6.07, 6.45) is 6.29. The number of aromatic nitrogens is 2. The van der Waals surface area contributed by atoms with Crippen molar-refractivity contribution in [1.29, 1.82) is 0 Å². The SMILES string of the molecule is O=C(O)c1ccc2c(c1)nc(-c1ccc(C(=O)NCCc3ccc(Cl)cc3Cl)cc1)n2C1CCCCC1. The van der Waals surface area contributed by atoms with Gasteiger partial charge in [0, 0.05) is 33.8 Å². The highest BCUT2D eigenvalue weighted by Crippen LogP contribution is 2.36. The number of carboxylic acid groups (broad SMARTS) is 1. The number of benzene rings is 3. The summed E-state index contributed by atoms with van der Waals surface area (Å²) in [6, 6.07) is 18.2. The lowest BCUT2D eigenvalue weighted by Gasteiger charge is -2.25. The van der Waals surface area contributed by atoms with Gasteiger partial charge in [-0.2, -0.15) is 0 Å². The number of fused-ring (bicyclic) bond motifs is 1. The third kappa shape index (κ3) is 5.50. The van der Waals surface area contributed by atoms with E-state index in [9.17, 15) is 14.7 Å². The Kier molecular flexibility index (Phi) is 7.49. The fourth-order valence-corrected chi connectivity index (χ4v) is 5.56. The van der Waals surface area contributed by atoms with Crippen LogP contribution in [0.2, 0.25) is 10.0 Å². The quantitative estimate of drug-likeness (QED) is 0.262. The van der Waals surface area contributed by atoms with E-state index in [1.807, 2.05) is 24.3 Å². The number of nitrogens with one attached hydrogen (secondary N) is 1. The van der Waals surface area contributed by atoms with Crippen molar-refractivity contribution in [3.05, 3.63) is 87.4 Å². The summed E-state index contributed by atoms with van der Waals surface area (Å²) >= 11 is 12.2. The molecule has 1 aliphatic rings. The van der Waals surface area contributed by atoms with E-state index in [2.05, 4.69) is 9.88 Å². The van der Waals surface area contributed by atoms with E-state index < -0.39 is 5.97 Å². The maximum atomic E-state index is 12.7. The van der Waals surface area contributed by atoms with Gasteiger partial charge in [0.05, 0.1) is 16.6 Å². The maximum absolute atomic E-state index is 12.7. The van der Waals surface area contributed by atoms with Gasteiger partial charge in [0.2, 0.25) is 0 Å². The highest BCUT2D eigenvalue weighted by molar-refractivity contribution is 6.35. The lowest BCUT2D eigenvalue weighted by atomic mass is 9.94. The van der Waals surface area contributed by atoms with Crippen LogP contribution in [0, 0.1) is 0 Å². The number of rotatable bonds is 7. The van der Waals surface area contributed by atoms with Crippen LogP contribution >= 0.6 is 23.2 Å². The molecule has 4 aromatic rings. The van der Waals surface area contributed by atoms with Crippen molar-refractivity contribution >= 4 is 46.1 Å². The number of nitrogens with zero attached hydrogens (tertiary/aromatic N) is 2. The van der Waals surface area contributed by atoms with E-state index in [0.717, 1.165) is 48.2 Å². The van der Waals surface area contributed by atoms with Crippen molar-refractivity contribution in [1.82, 2.24) is 14.9 Å². The Hall–Kier alpha value is -3.35. The number of imidazole rings is 1. The molecule has 37 heavy (non-hydrogen) atoms. The number of halogens is 2. The Morgan fingerprint density at radius 1 is 0.946 bits per heavy atom. The number of amides is 1. The van der Waals surface area contributed by atoms with Crippen LogP contribution in [0.25, 0.3) is 22.4 Å². The summed E-state index contributed by atoms with van der Waals surface area (Å²) in [4.78, 5) is 29.1. The molecule has 2 N–H and O–H groups in total. The maximum Gasteiger partial charge on any atom is 0.335 e. The summed E-state index contributed by atoms with van der Waals surface area (Å²) in [5, 5.41) is 13.5. The van der Waals surface area contributed by atoms with Gasteiger partial charge >= 0.3 is 5.97 Å². The van der Waals surface area contributed by atoms with E-state index in [1.54, 1.807) is 36.4 Å². The largest absolute Gasteiger partial charge is 0.478 e. The first kappa shape index (κ1) is 25.3. The normalized spacial score (nSPS) is 14.1. The molecule has 6 nitrogen and oxygen atoms in total. The minimum Gasteiger partial charge on any atom is -0.478 e. The van der Waals surface area contributed by atoms with Crippen LogP contribution in [-0.4, -0.2) is 33.1 Å². The standard InChI is InChI=1S/C29H27Cl2N3O3/c30-22-12-10-18(24(31)17-22)14-15-32-28(35)20-8-6-19(7-9-20)27-33-25-16-21(29(36)37)11-13-26(25)34(27)23-4-2-1-3-5-23/h6-13,16-17,23H,1-5,14-15H2,(H,32,35)(H,36,37). The molecule has 1 amide bonds. The molecule has 0 spiro atoms. The van der Waals surface area contributed by atoms with Crippen molar-refractivity contribution in [3.8, 4) is 11.4 Å².